The number of hydrogen-bond donors (Lipinski definition) is 1. The van der Waals surface area contributed by atoms with Gasteiger partial charge in [-0.3, -0.25) is 4.90 Å². The Hall–Kier alpha value is -0.610. The molecule has 0 amide bonds. The van der Waals surface area contributed by atoms with Crippen LogP contribution in [-0.2, 0) is 6.54 Å². The van der Waals surface area contributed by atoms with Crippen molar-refractivity contribution >= 4 is 16.5 Å². The van der Waals surface area contributed by atoms with Crippen LogP contribution >= 0.6 is 11.3 Å². The normalized spacial score (nSPS) is 13.3. The SMILES string of the molecule is CCC(C)CN(CC)Cc1csc(N)n1. The predicted octanol–water partition coefficient (Wildman–Crippen LogP) is 2.59. The Morgan fingerprint density at radius 1 is 1.53 bits per heavy atom. The molecule has 0 radical (unpaired) electrons. The van der Waals surface area contributed by atoms with Crippen LogP contribution in [0.5, 0.6) is 0 Å². The van der Waals surface area contributed by atoms with Gasteiger partial charge in [0.15, 0.2) is 5.13 Å². The summed E-state index contributed by atoms with van der Waals surface area (Å²) in [6.45, 7) is 9.86. The molecule has 1 aromatic rings. The molecule has 1 atom stereocenters. The summed E-state index contributed by atoms with van der Waals surface area (Å²) in [5.41, 5.74) is 6.71. The van der Waals surface area contributed by atoms with Crippen molar-refractivity contribution in [2.45, 2.75) is 33.7 Å². The van der Waals surface area contributed by atoms with E-state index in [4.69, 9.17) is 5.73 Å². The molecule has 0 aliphatic rings. The van der Waals surface area contributed by atoms with E-state index in [0.29, 0.717) is 5.13 Å². The van der Waals surface area contributed by atoms with Crippen molar-refractivity contribution in [1.29, 1.82) is 0 Å². The third-order valence-electron chi connectivity index (χ3n) is 2.67. The molecule has 0 aliphatic heterocycles. The second-order valence-corrected chi connectivity index (χ2v) is 4.91. The van der Waals surface area contributed by atoms with E-state index < -0.39 is 0 Å². The first-order valence-corrected chi connectivity index (χ1v) is 6.45. The number of aromatic nitrogens is 1. The van der Waals surface area contributed by atoms with Crippen molar-refractivity contribution in [3.8, 4) is 0 Å². The summed E-state index contributed by atoms with van der Waals surface area (Å²) < 4.78 is 0. The molecule has 2 N–H and O–H groups in total. The van der Waals surface area contributed by atoms with Gasteiger partial charge in [-0.2, -0.15) is 0 Å². The van der Waals surface area contributed by atoms with E-state index in [0.717, 1.165) is 31.2 Å². The van der Waals surface area contributed by atoms with E-state index in [2.05, 4.69) is 36.0 Å². The number of nitrogens with two attached hydrogens (primary N) is 1. The Bertz CT molecular complexity index is 285. The molecule has 0 aromatic carbocycles. The average molecular weight is 227 g/mol. The first-order chi connectivity index (χ1) is 7.15. The fraction of sp³-hybridized carbons (Fsp3) is 0.727. The van der Waals surface area contributed by atoms with Crippen LogP contribution in [-0.4, -0.2) is 23.0 Å². The van der Waals surface area contributed by atoms with Crippen LogP contribution in [0.15, 0.2) is 5.38 Å². The van der Waals surface area contributed by atoms with Crippen molar-refractivity contribution in [3.63, 3.8) is 0 Å². The second-order valence-electron chi connectivity index (χ2n) is 4.02. The summed E-state index contributed by atoms with van der Waals surface area (Å²) in [7, 11) is 0. The molecule has 0 spiro atoms. The quantitative estimate of drug-likeness (QED) is 0.812. The number of nitrogens with zero attached hydrogens (tertiary/aromatic N) is 2. The molecule has 1 rings (SSSR count). The zero-order valence-corrected chi connectivity index (χ0v) is 10.7. The lowest BCUT2D eigenvalue weighted by molar-refractivity contribution is 0.236. The molecule has 0 bridgehead atoms. The fourth-order valence-corrected chi connectivity index (χ4v) is 2.05. The Morgan fingerprint density at radius 3 is 2.73 bits per heavy atom. The zero-order chi connectivity index (χ0) is 11.3. The van der Waals surface area contributed by atoms with Crippen LogP contribution in [0.1, 0.15) is 32.9 Å². The lowest BCUT2D eigenvalue weighted by Gasteiger charge is -2.22. The van der Waals surface area contributed by atoms with Gasteiger partial charge in [-0.05, 0) is 12.5 Å². The molecular formula is C11H21N3S. The molecule has 86 valence electrons. The van der Waals surface area contributed by atoms with Gasteiger partial charge in [0.2, 0.25) is 0 Å². The topological polar surface area (TPSA) is 42.1 Å². The number of thiazole rings is 1. The highest BCUT2D eigenvalue weighted by atomic mass is 32.1. The molecule has 0 saturated carbocycles. The smallest absolute Gasteiger partial charge is 0.180 e. The second kappa shape index (κ2) is 6.08. The number of rotatable bonds is 6. The van der Waals surface area contributed by atoms with E-state index in [1.165, 1.54) is 17.8 Å². The Balaban J connectivity index is 2.46. The Morgan fingerprint density at radius 2 is 2.27 bits per heavy atom. The van der Waals surface area contributed by atoms with Gasteiger partial charge in [0.1, 0.15) is 0 Å². The highest BCUT2D eigenvalue weighted by Crippen LogP contribution is 2.14. The number of hydrogen-bond acceptors (Lipinski definition) is 4. The Kier molecular flexibility index (Phi) is 5.05. The molecule has 0 saturated heterocycles. The van der Waals surface area contributed by atoms with E-state index in [1.807, 2.05) is 0 Å². The van der Waals surface area contributed by atoms with Crippen LogP contribution < -0.4 is 5.73 Å². The fourth-order valence-electron chi connectivity index (χ4n) is 1.50. The minimum Gasteiger partial charge on any atom is -0.375 e. The molecular weight excluding hydrogens is 206 g/mol. The van der Waals surface area contributed by atoms with Gasteiger partial charge in [0, 0.05) is 18.5 Å². The Labute approximate surface area is 96.3 Å². The molecule has 15 heavy (non-hydrogen) atoms. The lowest BCUT2D eigenvalue weighted by atomic mass is 10.1. The van der Waals surface area contributed by atoms with Gasteiger partial charge in [0.05, 0.1) is 5.69 Å². The molecule has 1 unspecified atom stereocenters. The van der Waals surface area contributed by atoms with Crippen LogP contribution in [0.3, 0.4) is 0 Å². The largest absolute Gasteiger partial charge is 0.375 e. The van der Waals surface area contributed by atoms with Gasteiger partial charge in [-0.15, -0.1) is 11.3 Å². The first kappa shape index (κ1) is 12.5. The summed E-state index contributed by atoms with van der Waals surface area (Å²) >= 11 is 1.52. The van der Waals surface area contributed by atoms with Crippen molar-refractivity contribution < 1.29 is 0 Å². The number of nitrogen functional groups attached to an aromatic ring is 1. The monoisotopic (exact) mass is 227 g/mol. The maximum absolute atomic E-state index is 5.61. The van der Waals surface area contributed by atoms with Gasteiger partial charge < -0.3 is 5.73 Å². The van der Waals surface area contributed by atoms with Crippen LogP contribution in [0.2, 0.25) is 0 Å². The molecule has 4 heteroatoms. The van der Waals surface area contributed by atoms with E-state index in [-0.39, 0.29) is 0 Å². The van der Waals surface area contributed by atoms with E-state index in [1.54, 1.807) is 0 Å². The van der Waals surface area contributed by atoms with E-state index >= 15 is 0 Å². The molecule has 1 aromatic heterocycles. The third kappa shape index (κ3) is 4.18. The van der Waals surface area contributed by atoms with Crippen LogP contribution in [0.4, 0.5) is 5.13 Å². The third-order valence-corrected chi connectivity index (χ3v) is 3.39. The highest BCUT2D eigenvalue weighted by Gasteiger charge is 2.09. The summed E-state index contributed by atoms with van der Waals surface area (Å²) in [6, 6.07) is 0. The van der Waals surface area contributed by atoms with Crippen LogP contribution in [0.25, 0.3) is 0 Å². The molecule has 0 fully saturated rings. The molecule has 0 aliphatic carbocycles. The van der Waals surface area contributed by atoms with Crippen molar-refractivity contribution in [3.05, 3.63) is 11.1 Å². The van der Waals surface area contributed by atoms with Crippen LogP contribution in [0, 0.1) is 5.92 Å². The summed E-state index contributed by atoms with van der Waals surface area (Å²) in [6.07, 6.45) is 1.23. The van der Waals surface area contributed by atoms with Crippen molar-refractivity contribution in [2.24, 2.45) is 5.92 Å². The predicted molar refractivity (Wildman–Crippen MR) is 66.9 cm³/mol. The number of anilines is 1. The molecule has 3 nitrogen and oxygen atoms in total. The summed E-state index contributed by atoms with van der Waals surface area (Å²) in [5.74, 6) is 0.751. The van der Waals surface area contributed by atoms with Crippen molar-refractivity contribution in [2.75, 3.05) is 18.8 Å². The van der Waals surface area contributed by atoms with Gasteiger partial charge in [-0.1, -0.05) is 27.2 Å². The minimum absolute atomic E-state index is 0.671. The lowest BCUT2D eigenvalue weighted by Crippen LogP contribution is -2.28. The van der Waals surface area contributed by atoms with Gasteiger partial charge in [0.25, 0.3) is 0 Å². The average Bonchev–Trinajstić information content (AvgIpc) is 2.62. The zero-order valence-electron chi connectivity index (χ0n) is 9.86. The summed E-state index contributed by atoms with van der Waals surface area (Å²) in [4.78, 5) is 6.71. The minimum atomic E-state index is 0.671. The van der Waals surface area contributed by atoms with Gasteiger partial charge >= 0.3 is 0 Å². The first-order valence-electron chi connectivity index (χ1n) is 5.57. The standard InChI is InChI=1S/C11H21N3S/c1-4-9(3)6-14(5-2)7-10-8-15-11(12)13-10/h8-9H,4-7H2,1-3H3,(H2,12,13). The van der Waals surface area contributed by atoms with Crippen molar-refractivity contribution in [1.82, 2.24) is 9.88 Å². The van der Waals surface area contributed by atoms with Gasteiger partial charge in [-0.25, -0.2) is 4.98 Å². The van der Waals surface area contributed by atoms with E-state index in [9.17, 15) is 0 Å². The maximum atomic E-state index is 5.61. The highest BCUT2D eigenvalue weighted by molar-refractivity contribution is 7.13. The summed E-state index contributed by atoms with van der Waals surface area (Å²) in [5, 5.41) is 2.72. The maximum Gasteiger partial charge on any atom is 0.180 e. The molecule has 1 heterocycles.